The largest absolute Gasteiger partial charge is 0.497 e. The van der Waals surface area contributed by atoms with Gasteiger partial charge in [-0.05, 0) is 50.3 Å². The smallest absolute Gasteiger partial charge is 0.339 e. The van der Waals surface area contributed by atoms with E-state index in [9.17, 15) is 9.59 Å². The quantitative estimate of drug-likeness (QED) is 0.809. The zero-order valence-corrected chi connectivity index (χ0v) is 14.3. The monoisotopic (exact) mass is 329 g/mol. The number of hydrogen-bond acceptors (Lipinski definition) is 4. The minimum absolute atomic E-state index is 0.128. The molecule has 2 aromatic rings. The minimum atomic E-state index is -0.361. The molecule has 1 amide bonds. The standard InChI is InChI=1S/C19H23NO4/c1-13-15-7-6-14(23-2)12-17(15)24-19(22)16(13)8-9-18(21)20-10-4-3-5-11-20/h6-7,12H,3-5,8-11H2,1-2H3. The fraction of sp³-hybridized carbons (Fsp3) is 0.474. The van der Waals surface area contributed by atoms with E-state index >= 15 is 0 Å². The predicted octanol–water partition coefficient (Wildman–Crippen LogP) is 3.06. The number of hydrogen-bond donors (Lipinski definition) is 0. The second kappa shape index (κ2) is 7.07. The number of ether oxygens (including phenoxy) is 1. The number of fused-ring (bicyclic) bond motifs is 1. The summed E-state index contributed by atoms with van der Waals surface area (Å²) in [5.74, 6) is 0.779. The zero-order valence-electron chi connectivity index (χ0n) is 14.3. The number of carbonyl (C=O) groups excluding carboxylic acids is 1. The topological polar surface area (TPSA) is 59.8 Å². The van der Waals surface area contributed by atoms with Gasteiger partial charge >= 0.3 is 5.63 Å². The molecule has 24 heavy (non-hydrogen) atoms. The molecule has 2 heterocycles. The summed E-state index contributed by atoms with van der Waals surface area (Å²) in [5.41, 5.74) is 1.64. The average Bonchev–Trinajstić information content (AvgIpc) is 2.61. The Labute approximate surface area is 141 Å². The highest BCUT2D eigenvalue weighted by molar-refractivity contribution is 5.82. The van der Waals surface area contributed by atoms with Crippen molar-refractivity contribution in [2.45, 2.75) is 39.0 Å². The Morgan fingerprint density at radius 3 is 2.71 bits per heavy atom. The Morgan fingerprint density at radius 2 is 2.00 bits per heavy atom. The van der Waals surface area contributed by atoms with Crippen molar-refractivity contribution < 1.29 is 13.9 Å². The molecule has 0 aliphatic carbocycles. The number of nitrogens with zero attached hydrogens (tertiary/aromatic N) is 1. The number of methoxy groups -OCH3 is 1. The Kier molecular flexibility index (Phi) is 4.88. The van der Waals surface area contributed by atoms with Crippen LogP contribution in [-0.4, -0.2) is 31.0 Å². The van der Waals surface area contributed by atoms with E-state index in [4.69, 9.17) is 9.15 Å². The molecule has 5 heteroatoms. The summed E-state index contributed by atoms with van der Waals surface area (Å²) >= 11 is 0. The fourth-order valence-corrected chi connectivity index (χ4v) is 3.32. The molecule has 128 valence electrons. The van der Waals surface area contributed by atoms with Gasteiger partial charge in [0, 0.05) is 36.5 Å². The molecule has 1 aromatic heterocycles. The van der Waals surface area contributed by atoms with Gasteiger partial charge in [0.1, 0.15) is 11.3 Å². The summed E-state index contributed by atoms with van der Waals surface area (Å²) in [6, 6.07) is 5.45. The van der Waals surface area contributed by atoms with Crippen LogP contribution in [0.15, 0.2) is 27.4 Å². The van der Waals surface area contributed by atoms with E-state index < -0.39 is 0 Å². The molecular formula is C19H23NO4. The summed E-state index contributed by atoms with van der Waals surface area (Å²) in [5, 5.41) is 0.885. The van der Waals surface area contributed by atoms with Gasteiger partial charge in [-0.25, -0.2) is 4.79 Å². The number of carbonyl (C=O) groups is 1. The highest BCUT2D eigenvalue weighted by Crippen LogP contribution is 2.24. The van der Waals surface area contributed by atoms with Gasteiger partial charge in [0.25, 0.3) is 0 Å². The first-order valence-corrected chi connectivity index (χ1v) is 8.48. The van der Waals surface area contributed by atoms with Gasteiger partial charge in [-0.15, -0.1) is 0 Å². The van der Waals surface area contributed by atoms with E-state index in [-0.39, 0.29) is 11.5 Å². The molecular weight excluding hydrogens is 306 g/mol. The normalized spacial score (nSPS) is 14.8. The van der Waals surface area contributed by atoms with Gasteiger partial charge in [-0.1, -0.05) is 0 Å². The third kappa shape index (κ3) is 3.30. The van der Waals surface area contributed by atoms with Crippen molar-refractivity contribution in [1.29, 1.82) is 0 Å². The summed E-state index contributed by atoms with van der Waals surface area (Å²) in [6.45, 7) is 3.58. The molecule has 0 N–H and O–H groups in total. The van der Waals surface area contributed by atoms with Crippen molar-refractivity contribution in [2.75, 3.05) is 20.2 Å². The number of benzene rings is 1. The van der Waals surface area contributed by atoms with Crippen LogP contribution in [-0.2, 0) is 11.2 Å². The zero-order chi connectivity index (χ0) is 17.1. The second-order valence-corrected chi connectivity index (χ2v) is 6.30. The molecule has 5 nitrogen and oxygen atoms in total. The number of amides is 1. The van der Waals surface area contributed by atoms with Crippen LogP contribution < -0.4 is 10.4 Å². The van der Waals surface area contributed by atoms with Crippen molar-refractivity contribution in [2.24, 2.45) is 0 Å². The van der Waals surface area contributed by atoms with E-state index in [0.717, 1.165) is 36.9 Å². The number of aryl methyl sites for hydroxylation is 1. The molecule has 0 spiro atoms. The second-order valence-electron chi connectivity index (χ2n) is 6.30. The number of likely N-dealkylation sites (tertiary alicyclic amines) is 1. The number of piperidine rings is 1. The van der Waals surface area contributed by atoms with Crippen molar-refractivity contribution in [3.63, 3.8) is 0 Å². The first-order chi connectivity index (χ1) is 11.6. The van der Waals surface area contributed by atoms with Crippen molar-refractivity contribution in [1.82, 2.24) is 4.90 Å². The Hall–Kier alpha value is -2.30. The van der Waals surface area contributed by atoms with Crippen LogP contribution in [0.4, 0.5) is 0 Å². The fourth-order valence-electron chi connectivity index (χ4n) is 3.32. The lowest BCUT2D eigenvalue weighted by atomic mass is 10.0. The average molecular weight is 329 g/mol. The van der Waals surface area contributed by atoms with Gasteiger partial charge < -0.3 is 14.1 Å². The van der Waals surface area contributed by atoms with E-state index in [2.05, 4.69) is 0 Å². The van der Waals surface area contributed by atoms with E-state index in [1.807, 2.05) is 24.0 Å². The van der Waals surface area contributed by atoms with Gasteiger partial charge in [-0.2, -0.15) is 0 Å². The molecule has 1 fully saturated rings. The molecule has 0 unspecified atom stereocenters. The molecule has 0 radical (unpaired) electrons. The third-order valence-electron chi connectivity index (χ3n) is 4.79. The summed E-state index contributed by atoms with van der Waals surface area (Å²) in [7, 11) is 1.58. The maximum atomic E-state index is 12.3. The lowest BCUT2D eigenvalue weighted by molar-refractivity contribution is -0.132. The maximum absolute atomic E-state index is 12.3. The van der Waals surface area contributed by atoms with Crippen LogP contribution >= 0.6 is 0 Å². The van der Waals surface area contributed by atoms with E-state index in [0.29, 0.717) is 29.7 Å². The molecule has 3 rings (SSSR count). The van der Waals surface area contributed by atoms with Gasteiger partial charge in [0.15, 0.2) is 0 Å². The van der Waals surface area contributed by atoms with Crippen molar-refractivity contribution >= 4 is 16.9 Å². The summed E-state index contributed by atoms with van der Waals surface area (Å²) < 4.78 is 10.6. The van der Waals surface area contributed by atoms with Gasteiger partial charge in [0.05, 0.1) is 7.11 Å². The van der Waals surface area contributed by atoms with Crippen LogP contribution in [0.5, 0.6) is 5.75 Å². The predicted molar refractivity (Wildman–Crippen MR) is 92.5 cm³/mol. The lowest BCUT2D eigenvalue weighted by Crippen LogP contribution is -2.35. The molecule has 1 aromatic carbocycles. The van der Waals surface area contributed by atoms with Gasteiger partial charge in [-0.3, -0.25) is 4.79 Å². The maximum Gasteiger partial charge on any atom is 0.339 e. The van der Waals surface area contributed by atoms with Gasteiger partial charge in [0.2, 0.25) is 5.91 Å². The molecule has 0 atom stereocenters. The first kappa shape index (κ1) is 16.6. The van der Waals surface area contributed by atoms with Crippen LogP contribution in [0.2, 0.25) is 0 Å². The molecule has 1 aliphatic heterocycles. The molecule has 1 saturated heterocycles. The lowest BCUT2D eigenvalue weighted by Gasteiger charge is -2.26. The third-order valence-corrected chi connectivity index (χ3v) is 4.79. The van der Waals surface area contributed by atoms with Crippen LogP contribution in [0.1, 0.15) is 36.8 Å². The highest BCUT2D eigenvalue weighted by atomic mass is 16.5. The van der Waals surface area contributed by atoms with Crippen molar-refractivity contribution in [3.8, 4) is 5.75 Å². The highest BCUT2D eigenvalue weighted by Gasteiger charge is 2.18. The minimum Gasteiger partial charge on any atom is -0.497 e. The molecule has 0 saturated carbocycles. The summed E-state index contributed by atoms with van der Waals surface area (Å²) in [6.07, 6.45) is 4.12. The van der Waals surface area contributed by atoms with E-state index in [1.54, 1.807) is 13.2 Å². The molecule has 1 aliphatic rings. The van der Waals surface area contributed by atoms with Crippen LogP contribution in [0.25, 0.3) is 11.0 Å². The number of rotatable bonds is 4. The van der Waals surface area contributed by atoms with Crippen LogP contribution in [0.3, 0.4) is 0 Å². The SMILES string of the molecule is COc1ccc2c(C)c(CCC(=O)N3CCCCC3)c(=O)oc2c1. The Morgan fingerprint density at radius 1 is 1.25 bits per heavy atom. The Bertz CT molecular complexity index is 803. The van der Waals surface area contributed by atoms with Crippen LogP contribution in [0, 0.1) is 6.92 Å². The van der Waals surface area contributed by atoms with Crippen molar-refractivity contribution in [3.05, 3.63) is 39.7 Å². The first-order valence-electron chi connectivity index (χ1n) is 8.48. The van der Waals surface area contributed by atoms with E-state index in [1.165, 1.54) is 6.42 Å². The molecule has 0 bridgehead atoms. The summed E-state index contributed by atoms with van der Waals surface area (Å²) in [4.78, 5) is 26.5. The Balaban J connectivity index is 1.81.